The minimum atomic E-state index is -0.0390. The lowest BCUT2D eigenvalue weighted by atomic mass is 10.0. The fraction of sp³-hybridized carbons (Fsp3) is 0.500. The van der Waals surface area contributed by atoms with E-state index < -0.39 is 0 Å². The van der Waals surface area contributed by atoms with E-state index >= 15 is 0 Å². The number of rotatable bonds is 7. The molecule has 0 unspecified atom stereocenters. The van der Waals surface area contributed by atoms with Crippen molar-refractivity contribution < 1.29 is 4.79 Å². The van der Waals surface area contributed by atoms with Crippen molar-refractivity contribution in [1.29, 1.82) is 0 Å². The van der Waals surface area contributed by atoms with Crippen molar-refractivity contribution in [2.24, 2.45) is 0 Å². The van der Waals surface area contributed by atoms with Gasteiger partial charge < -0.3 is 0 Å². The molecule has 0 bridgehead atoms. The molecule has 124 valence electrons. The van der Waals surface area contributed by atoms with Crippen LogP contribution in [-0.4, -0.2) is 15.7 Å². The third kappa shape index (κ3) is 4.31. The highest BCUT2D eigenvalue weighted by molar-refractivity contribution is 5.95. The summed E-state index contributed by atoms with van der Waals surface area (Å²) in [6, 6.07) is 7.68. The maximum atomic E-state index is 12.7. The van der Waals surface area contributed by atoms with Crippen LogP contribution in [0.5, 0.6) is 0 Å². The SMILES string of the molecule is CCCCCCCc1c(C)nn(C(=O)c2ccc(C)cc2)c1C. The lowest BCUT2D eigenvalue weighted by Gasteiger charge is -2.05. The Morgan fingerprint density at radius 2 is 1.65 bits per heavy atom. The summed E-state index contributed by atoms with van der Waals surface area (Å²) in [4.78, 5) is 12.7. The van der Waals surface area contributed by atoms with Gasteiger partial charge in [-0.3, -0.25) is 4.79 Å². The number of hydrogen-bond acceptors (Lipinski definition) is 2. The number of aromatic nitrogens is 2. The second-order valence-corrected chi connectivity index (χ2v) is 6.40. The van der Waals surface area contributed by atoms with E-state index in [4.69, 9.17) is 0 Å². The van der Waals surface area contributed by atoms with Gasteiger partial charge in [0.05, 0.1) is 5.69 Å². The van der Waals surface area contributed by atoms with Crippen LogP contribution in [0.1, 0.15) is 71.9 Å². The molecule has 0 radical (unpaired) electrons. The summed E-state index contributed by atoms with van der Waals surface area (Å²) in [6.45, 7) is 8.27. The highest BCUT2D eigenvalue weighted by Gasteiger charge is 2.17. The molecular formula is C20H28N2O. The third-order valence-electron chi connectivity index (χ3n) is 4.46. The Hall–Kier alpha value is -1.90. The van der Waals surface area contributed by atoms with Crippen LogP contribution in [0.25, 0.3) is 0 Å². The van der Waals surface area contributed by atoms with E-state index in [-0.39, 0.29) is 5.91 Å². The summed E-state index contributed by atoms with van der Waals surface area (Å²) in [5.74, 6) is -0.0390. The minimum Gasteiger partial charge on any atom is -0.267 e. The molecule has 3 heteroatoms. The van der Waals surface area contributed by atoms with E-state index in [9.17, 15) is 4.79 Å². The predicted molar refractivity (Wildman–Crippen MR) is 95.1 cm³/mol. The van der Waals surface area contributed by atoms with Crippen LogP contribution in [0.3, 0.4) is 0 Å². The van der Waals surface area contributed by atoms with Gasteiger partial charge in [0.2, 0.25) is 0 Å². The molecule has 0 saturated heterocycles. The van der Waals surface area contributed by atoms with E-state index in [0.29, 0.717) is 5.56 Å². The molecule has 0 saturated carbocycles. The molecule has 1 aromatic carbocycles. The zero-order valence-electron chi connectivity index (χ0n) is 14.9. The topological polar surface area (TPSA) is 34.9 Å². The second-order valence-electron chi connectivity index (χ2n) is 6.40. The zero-order chi connectivity index (χ0) is 16.8. The minimum absolute atomic E-state index is 0.0390. The van der Waals surface area contributed by atoms with E-state index in [1.807, 2.05) is 45.0 Å². The summed E-state index contributed by atoms with van der Waals surface area (Å²) < 4.78 is 1.57. The molecule has 23 heavy (non-hydrogen) atoms. The lowest BCUT2D eigenvalue weighted by molar-refractivity contribution is 0.0942. The maximum absolute atomic E-state index is 12.7. The first-order chi connectivity index (χ1) is 11.0. The lowest BCUT2D eigenvalue weighted by Crippen LogP contribution is -2.15. The number of hydrogen-bond donors (Lipinski definition) is 0. The molecule has 3 nitrogen and oxygen atoms in total. The Morgan fingerprint density at radius 1 is 1.00 bits per heavy atom. The van der Waals surface area contributed by atoms with Crippen molar-refractivity contribution in [3.8, 4) is 0 Å². The highest BCUT2D eigenvalue weighted by atomic mass is 16.2. The average molecular weight is 312 g/mol. The van der Waals surface area contributed by atoms with Crippen LogP contribution in [-0.2, 0) is 6.42 Å². The van der Waals surface area contributed by atoms with Crippen molar-refractivity contribution in [1.82, 2.24) is 9.78 Å². The molecule has 0 fully saturated rings. The van der Waals surface area contributed by atoms with Crippen LogP contribution in [0.2, 0.25) is 0 Å². The fourth-order valence-electron chi connectivity index (χ4n) is 2.96. The van der Waals surface area contributed by atoms with Gasteiger partial charge >= 0.3 is 0 Å². The normalized spacial score (nSPS) is 11.0. The highest BCUT2D eigenvalue weighted by Crippen LogP contribution is 2.18. The smallest absolute Gasteiger partial charge is 0.267 e. The molecule has 1 heterocycles. The Balaban J connectivity index is 2.10. The Bertz CT molecular complexity index is 653. The number of aryl methyl sites for hydroxylation is 2. The van der Waals surface area contributed by atoms with Crippen LogP contribution in [0, 0.1) is 20.8 Å². The summed E-state index contributed by atoms with van der Waals surface area (Å²) >= 11 is 0. The second kappa shape index (κ2) is 8.09. The zero-order valence-corrected chi connectivity index (χ0v) is 14.9. The molecule has 0 aliphatic rings. The Kier molecular flexibility index (Phi) is 6.14. The molecule has 2 rings (SSSR count). The largest absolute Gasteiger partial charge is 0.278 e. The first-order valence-corrected chi connectivity index (χ1v) is 8.71. The van der Waals surface area contributed by atoms with E-state index in [1.54, 1.807) is 4.68 Å². The molecule has 1 aromatic heterocycles. The number of carbonyl (C=O) groups excluding carboxylic acids is 1. The molecule has 2 aromatic rings. The number of carbonyl (C=O) groups is 1. The van der Waals surface area contributed by atoms with Crippen LogP contribution >= 0.6 is 0 Å². The molecule has 0 aliphatic heterocycles. The molecule has 0 spiro atoms. The monoisotopic (exact) mass is 312 g/mol. The van der Waals surface area contributed by atoms with Crippen molar-refractivity contribution >= 4 is 5.91 Å². The number of unbranched alkanes of at least 4 members (excludes halogenated alkanes) is 4. The number of benzene rings is 1. The molecule has 0 atom stereocenters. The van der Waals surface area contributed by atoms with Gasteiger partial charge in [-0.1, -0.05) is 50.3 Å². The van der Waals surface area contributed by atoms with Gasteiger partial charge in [0, 0.05) is 11.3 Å². The van der Waals surface area contributed by atoms with Crippen molar-refractivity contribution in [2.75, 3.05) is 0 Å². The van der Waals surface area contributed by atoms with Gasteiger partial charge in [-0.05, 0) is 51.3 Å². The van der Waals surface area contributed by atoms with Crippen molar-refractivity contribution in [3.63, 3.8) is 0 Å². The summed E-state index contributed by atoms with van der Waals surface area (Å²) in [7, 11) is 0. The van der Waals surface area contributed by atoms with Gasteiger partial charge in [-0.2, -0.15) is 5.10 Å². The quantitative estimate of drug-likeness (QED) is 0.674. The van der Waals surface area contributed by atoms with Gasteiger partial charge in [0.15, 0.2) is 0 Å². The van der Waals surface area contributed by atoms with Gasteiger partial charge in [0.25, 0.3) is 5.91 Å². The molecular weight excluding hydrogens is 284 g/mol. The summed E-state index contributed by atoms with van der Waals surface area (Å²) in [5.41, 5.74) is 5.06. The van der Waals surface area contributed by atoms with Crippen LogP contribution in [0.4, 0.5) is 0 Å². The van der Waals surface area contributed by atoms with E-state index in [1.165, 1.54) is 37.7 Å². The van der Waals surface area contributed by atoms with Gasteiger partial charge in [0.1, 0.15) is 0 Å². The summed E-state index contributed by atoms with van der Waals surface area (Å²) in [6.07, 6.45) is 7.31. The van der Waals surface area contributed by atoms with Crippen LogP contribution < -0.4 is 0 Å². The molecule has 0 N–H and O–H groups in total. The van der Waals surface area contributed by atoms with Crippen molar-refractivity contribution in [3.05, 3.63) is 52.3 Å². The van der Waals surface area contributed by atoms with E-state index in [2.05, 4.69) is 12.0 Å². The maximum Gasteiger partial charge on any atom is 0.278 e. The Labute approximate surface area is 139 Å². The van der Waals surface area contributed by atoms with Gasteiger partial charge in [-0.15, -0.1) is 0 Å². The van der Waals surface area contributed by atoms with E-state index in [0.717, 1.165) is 23.4 Å². The summed E-state index contributed by atoms with van der Waals surface area (Å²) in [5, 5.41) is 4.49. The first kappa shape index (κ1) is 17.5. The third-order valence-corrected chi connectivity index (χ3v) is 4.46. The average Bonchev–Trinajstić information content (AvgIpc) is 2.82. The standard InChI is InChI=1S/C20H28N2O/c1-5-6-7-8-9-10-19-16(3)21-22(17(19)4)20(23)18-13-11-15(2)12-14-18/h11-14H,5-10H2,1-4H3. The number of nitrogens with zero attached hydrogens (tertiary/aromatic N) is 2. The van der Waals surface area contributed by atoms with Crippen LogP contribution in [0.15, 0.2) is 24.3 Å². The Morgan fingerprint density at radius 3 is 2.30 bits per heavy atom. The van der Waals surface area contributed by atoms with Gasteiger partial charge in [-0.25, -0.2) is 4.68 Å². The first-order valence-electron chi connectivity index (χ1n) is 8.71. The molecule has 0 amide bonds. The molecule has 0 aliphatic carbocycles. The van der Waals surface area contributed by atoms with Crippen molar-refractivity contribution in [2.45, 2.75) is 66.2 Å². The predicted octanol–water partition coefficient (Wildman–Crippen LogP) is 5.01. The fourth-order valence-corrected chi connectivity index (χ4v) is 2.96.